The van der Waals surface area contributed by atoms with Crippen molar-refractivity contribution in [1.29, 1.82) is 0 Å². The van der Waals surface area contributed by atoms with E-state index in [0.29, 0.717) is 18.3 Å². The summed E-state index contributed by atoms with van der Waals surface area (Å²) in [6, 6.07) is 4.04. The lowest BCUT2D eigenvalue weighted by Gasteiger charge is -2.14. The highest BCUT2D eigenvalue weighted by atomic mass is 16.5. The summed E-state index contributed by atoms with van der Waals surface area (Å²) in [4.78, 5) is 4.06. The lowest BCUT2D eigenvalue weighted by atomic mass is 10.1. The summed E-state index contributed by atoms with van der Waals surface area (Å²) >= 11 is 0. The van der Waals surface area contributed by atoms with Crippen molar-refractivity contribution in [2.75, 3.05) is 6.61 Å². The Kier molecular flexibility index (Phi) is 5.91. The molecule has 0 spiro atoms. The summed E-state index contributed by atoms with van der Waals surface area (Å²) < 4.78 is 7.68. The molecule has 0 bridgehead atoms. The van der Waals surface area contributed by atoms with Crippen molar-refractivity contribution in [2.45, 2.75) is 39.3 Å². The monoisotopic (exact) mass is 304 g/mol. The molecular weight excluding hydrogens is 280 g/mol. The first-order valence-electron chi connectivity index (χ1n) is 7.56. The second-order valence-corrected chi connectivity index (χ2v) is 5.43. The van der Waals surface area contributed by atoms with Gasteiger partial charge < -0.3 is 15.2 Å². The molecule has 2 heterocycles. The molecule has 0 fully saturated rings. The molecule has 2 N–H and O–H groups in total. The Bertz CT molecular complexity index is 583. The predicted octanol–water partition coefficient (Wildman–Crippen LogP) is 2.17. The van der Waals surface area contributed by atoms with Crippen LogP contribution in [0.3, 0.4) is 0 Å². The number of pyridine rings is 1. The van der Waals surface area contributed by atoms with Gasteiger partial charge in [0, 0.05) is 32.4 Å². The van der Waals surface area contributed by atoms with Crippen LogP contribution in [0.5, 0.6) is 11.6 Å². The van der Waals surface area contributed by atoms with Crippen molar-refractivity contribution in [1.82, 2.24) is 20.1 Å². The van der Waals surface area contributed by atoms with Crippen molar-refractivity contribution in [3.8, 4) is 11.6 Å². The fraction of sp³-hybridized carbons (Fsp3) is 0.500. The first-order valence-corrected chi connectivity index (χ1v) is 7.56. The molecule has 0 aromatic carbocycles. The van der Waals surface area contributed by atoms with E-state index < -0.39 is 0 Å². The van der Waals surface area contributed by atoms with E-state index in [1.807, 2.05) is 26.1 Å². The second-order valence-electron chi connectivity index (χ2n) is 5.43. The number of hydrogen-bond acceptors (Lipinski definition) is 5. The van der Waals surface area contributed by atoms with Gasteiger partial charge in [-0.2, -0.15) is 5.10 Å². The normalized spacial score (nSPS) is 12.4. The van der Waals surface area contributed by atoms with Crippen molar-refractivity contribution in [3.63, 3.8) is 0 Å². The van der Waals surface area contributed by atoms with Crippen LogP contribution in [0.15, 0.2) is 24.5 Å². The summed E-state index contributed by atoms with van der Waals surface area (Å²) in [6.07, 6.45) is 5.14. The minimum Gasteiger partial charge on any atom is -0.437 e. The van der Waals surface area contributed by atoms with Crippen LogP contribution >= 0.6 is 0 Å². The molecule has 6 nitrogen and oxygen atoms in total. The van der Waals surface area contributed by atoms with E-state index in [1.54, 1.807) is 17.1 Å². The molecule has 2 rings (SSSR count). The molecule has 0 aliphatic rings. The zero-order valence-electron chi connectivity index (χ0n) is 13.4. The molecule has 0 aliphatic heterocycles. The van der Waals surface area contributed by atoms with Gasteiger partial charge in [-0.3, -0.25) is 4.98 Å². The van der Waals surface area contributed by atoms with Crippen LogP contribution in [0.4, 0.5) is 0 Å². The van der Waals surface area contributed by atoms with Gasteiger partial charge in [0.2, 0.25) is 5.88 Å². The summed E-state index contributed by atoms with van der Waals surface area (Å²) in [7, 11) is 1.87. The Morgan fingerprint density at radius 2 is 2.27 bits per heavy atom. The van der Waals surface area contributed by atoms with Crippen molar-refractivity contribution in [2.24, 2.45) is 7.05 Å². The fourth-order valence-electron chi connectivity index (χ4n) is 2.31. The molecule has 6 heteroatoms. The molecule has 0 radical (unpaired) electrons. The maximum absolute atomic E-state index is 8.89. The highest BCUT2D eigenvalue weighted by molar-refractivity contribution is 5.34. The number of nitrogens with one attached hydrogen (secondary N) is 1. The molecule has 2 aromatic heterocycles. The number of aliphatic hydroxyl groups excluding tert-OH is 1. The van der Waals surface area contributed by atoms with Crippen molar-refractivity contribution in [3.05, 3.63) is 35.8 Å². The van der Waals surface area contributed by atoms with Gasteiger partial charge >= 0.3 is 0 Å². The highest BCUT2D eigenvalue weighted by Crippen LogP contribution is 2.26. The Morgan fingerprint density at radius 1 is 1.45 bits per heavy atom. The molecule has 22 heavy (non-hydrogen) atoms. The molecule has 0 saturated heterocycles. The third-order valence-corrected chi connectivity index (χ3v) is 3.56. The fourth-order valence-corrected chi connectivity index (χ4v) is 2.31. The number of aromatic nitrogens is 3. The molecule has 1 unspecified atom stereocenters. The van der Waals surface area contributed by atoms with E-state index in [0.717, 1.165) is 30.0 Å². The van der Waals surface area contributed by atoms with Gasteiger partial charge in [-0.25, -0.2) is 4.68 Å². The zero-order chi connectivity index (χ0) is 15.9. The number of aliphatic hydroxyl groups is 1. The topological polar surface area (TPSA) is 72.2 Å². The van der Waals surface area contributed by atoms with Crippen LogP contribution in [-0.2, 0) is 13.6 Å². The van der Waals surface area contributed by atoms with Gasteiger partial charge in [-0.15, -0.1) is 0 Å². The van der Waals surface area contributed by atoms with Crippen LogP contribution < -0.4 is 10.1 Å². The van der Waals surface area contributed by atoms with Gasteiger partial charge in [0.05, 0.1) is 17.5 Å². The van der Waals surface area contributed by atoms with Gasteiger partial charge in [0.25, 0.3) is 0 Å². The largest absolute Gasteiger partial charge is 0.437 e. The lowest BCUT2D eigenvalue weighted by molar-refractivity contribution is 0.276. The third kappa shape index (κ3) is 4.29. The van der Waals surface area contributed by atoms with Gasteiger partial charge in [0.1, 0.15) is 5.75 Å². The second kappa shape index (κ2) is 7.91. The van der Waals surface area contributed by atoms with Crippen LogP contribution in [0.1, 0.15) is 31.0 Å². The zero-order valence-corrected chi connectivity index (χ0v) is 13.4. The van der Waals surface area contributed by atoms with Crippen LogP contribution in [0.25, 0.3) is 0 Å². The molecule has 120 valence electrons. The van der Waals surface area contributed by atoms with Crippen LogP contribution in [0, 0.1) is 6.92 Å². The molecular formula is C16H24N4O2. The van der Waals surface area contributed by atoms with E-state index >= 15 is 0 Å². The van der Waals surface area contributed by atoms with E-state index in [2.05, 4.69) is 22.3 Å². The van der Waals surface area contributed by atoms with Gasteiger partial charge in [-0.05, 0) is 38.8 Å². The standard InChI is InChI=1S/C16H24N4O2/c1-12(6-5-9-21)18-11-15-13(2)19-20(3)16(15)22-14-7-4-8-17-10-14/h4,7-8,10,12,18,21H,5-6,9,11H2,1-3H3. The Labute approximate surface area is 131 Å². The average Bonchev–Trinajstić information content (AvgIpc) is 2.78. The Balaban J connectivity index is 2.07. The number of nitrogens with zero attached hydrogens (tertiary/aromatic N) is 3. The van der Waals surface area contributed by atoms with Gasteiger partial charge in [-0.1, -0.05) is 0 Å². The van der Waals surface area contributed by atoms with Crippen molar-refractivity contribution < 1.29 is 9.84 Å². The summed E-state index contributed by atoms with van der Waals surface area (Å²) in [5, 5.41) is 16.8. The first kappa shape index (κ1) is 16.5. The predicted molar refractivity (Wildman–Crippen MR) is 84.9 cm³/mol. The minimum absolute atomic E-state index is 0.229. The SMILES string of the molecule is Cc1nn(C)c(Oc2cccnc2)c1CNC(C)CCCO. The number of ether oxygens (including phenoxy) is 1. The number of aryl methyl sites for hydroxylation is 2. The molecule has 0 saturated carbocycles. The number of hydrogen-bond donors (Lipinski definition) is 2. The smallest absolute Gasteiger partial charge is 0.222 e. The third-order valence-electron chi connectivity index (χ3n) is 3.56. The molecule has 0 amide bonds. The van der Waals surface area contributed by atoms with E-state index in [9.17, 15) is 0 Å². The van der Waals surface area contributed by atoms with Crippen LogP contribution in [-0.4, -0.2) is 32.5 Å². The molecule has 2 aromatic rings. The highest BCUT2D eigenvalue weighted by Gasteiger charge is 2.16. The minimum atomic E-state index is 0.229. The quantitative estimate of drug-likeness (QED) is 0.782. The van der Waals surface area contributed by atoms with Gasteiger partial charge in [0.15, 0.2) is 0 Å². The Hall–Kier alpha value is -1.92. The average molecular weight is 304 g/mol. The van der Waals surface area contributed by atoms with Crippen molar-refractivity contribution >= 4 is 0 Å². The van der Waals surface area contributed by atoms with E-state index in [1.165, 1.54) is 0 Å². The first-order chi connectivity index (χ1) is 10.6. The van der Waals surface area contributed by atoms with E-state index in [4.69, 9.17) is 9.84 Å². The molecule has 0 aliphatic carbocycles. The van der Waals surface area contributed by atoms with E-state index in [-0.39, 0.29) is 6.61 Å². The van der Waals surface area contributed by atoms with Crippen LogP contribution in [0.2, 0.25) is 0 Å². The summed E-state index contributed by atoms with van der Waals surface area (Å²) in [5.74, 6) is 1.42. The maximum atomic E-state index is 8.89. The number of rotatable bonds is 8. The molecule has 1 atom stereocenters. The summed E-state index contributed by atoms with van der Waals surface area (Å²) in [6.45, 7) is 5.00. The summed E-state index contributed by atoms with van der Waals surface area (Å²) in [5.41, 5.74) is 1.99. The lowest BCUT2D eigenvalue weighted by Crippen LogP contribution is -2.26. The maximum Gasteiger partial charge on any atom is 0.222 e. The Morgan fingerprint density at radius 3 is 2.95 bits per heavy atom.